The van der Waals surface area contributed by atoms with Gasteiger partial charge in [0.15, 0.2) is 5.69 Å². The highest BCUT2D eigenvalue weighted by atomic mass is 32.2. The van der Waals surface area contributed by atoms with Crippen molar-refractivity contribution in [2.45, 2.75) is 46.2 Å². The molecule has 0 saturated carbocycles. The molecule has 0 amide bonds. The fraction of sp³-hybridized carbons (Fsp3) is 0.414. The number of likely N-dealkylation sites (tertiary alicyclic amines) is 1. The van der Waals surface area contributed by atoms with E-state index in [4.69, 9.17) is 11.3 Å². The number of nitrogens with zero attached hydrogens (tertiary/aromatic N) is 4. The van der Waals surface area contributed by atoms with E-state index in [0.29, 0.717) is 50.3 Å². The Kier molecular flexibility index (Phi) is 8.73. The van der Waals surface area contributed by atoms with Crippen LogP contribution in [0, 0.1) is 18.9 Å². The smallest absolute Gasteiger partial charge is 0.312 e. The number of aryl methyl sites for hydroxylation is 1. The standard InChI is InChI=1S/C29H35N5O4S/c1-5-38-28(35)29(18-24-7-6-8-26(17-24)32-39(4,36)37)13-15-33(16-14-29)21-27-19-31-22(2)34(27)20-23-9-11-25(30-3)12-10-23/h6-12,17,19,32H,5,13-16,18,20-21H2,1-2,4H3. The summed E-state index contributed by atoms with van der Waals surface area (Å²) in [5.41, 5.74) is 3.54. The number of imidazole rings is 1. The van der Waals surface area contributed by atoms with Crippen molar-refractivity contribution in [1.29, 1.82) is 0 Å². The molecule has 1 aliphatic rings. The average molecular weight is 550 g/mol. The van der Waals surface area contributed by atoms with Crippen molar-refractivity contribution >= 4 is 27.4 Å². The molecule has 1 aliphatic heterocycles. The van der Waals surface area contributed by atoms with E-state index in [9.17, 15) is 13.2 Å². The summed E-state index contributed by atoms with van der Waals surface area (Å²) in [7, 11) is -3.40. The number of rotatable bonds is 10. The maximum atomic E-state index is 13.2. The van der Waals surface area contributed by atoms with Crippen molar-refractivity contribution in [3.8, 4) is 0 Å². The van der Waals surface area contributed by atoms with Gasteiger partial charge in [0.05, 0.1) is 30.5 Å². The molecule has 1 saturated heterocycles. The number of benzene rings is 2. The molecule has 4 rings (SSSR count). The van der Waals surface area contributed by atoms with Gasteiger partial charge >= 0.3 is 5.97 Å². The molecule has 1 aromatic heterocycles. The summed E-state index contributed by atoms with van der Waals surface area (Å²) in [5, 5.41) is 0. The van der Waals surface area contributed by atoms with Crippen molar-refractivity contribution in [3.63, 3.8) is 0 Å². The van der Waals surface area contributed by atoms with E-state index in [-0.39, 0.29) is 5.97 Å². The number of ether oxygens (including phenoxy) is 1. The fourth-order valence-corrected chi connectivity index (χ4v) is 5.73. The van der Waals surface area contributed by atoms with Crippen molar-refractivity contribution in [2.75, 3.05) is 30.7 Å². The molecular formula is C29H35N5O4S. The van der Waals surface area contributed by atoms with Crippen LogP contribution >= 0.6 is 0 Å². The number of aromatic nitrogens is 2. The molecule has 3 aromatic rings. The van der Waals surface area contributed by atoms with Crippen LogP contribution in [0.2, 0.25) is 0 Å². The SMILES string of the molecule is [C-]#[N+]c1ccc(Cn2c(CN3CCC(Cc4cccc(NS(C)(=O)=O)c4)(C(=O)OCC)CC3)cnc2C)cc1. The van der Waals surface area contributed by atoms with Crippen molar-refractivity contribution in [2.24, 2.45) is 5.41 Å². The predicted molar refractivity (Wildman–Crippen MR) is 151 cm³/mol. The van der Waals surface area contributed by atoms with Crippen LogP contribution in [0.15, 0.2) is 54.7 Å². The monoisotopic (exact) mass is 549 g/mol. The largest absolute Gasteiger partial charge is 0.466 e. The molecule has 0 aliphatic carbocycles. The highest BCUT2D eigenvalue weighted by Gasteiger charge is 2.43. The Balaban J connectivity index is 1.46. The quantitative estimate of drug-likeness (QED) is 0.294. The molecule has 0 spiro atoms. The number of anilines is 1. The van der Waals surface area contributed by atoms with Gasteiger partial charge in [-0.2, -0.15) is 0 Å². The van der Waals surface area contributed by atoms with Crippen LogP contribution < -0.4 is 4.72 Å². The summed E-state index contributed by atoms with van der Waals surface area (Å²) in [6, 6.07) is 14.8. The molecule has 0 radical (unpaired) electrons. The van der Waals surface area contributed by atoms with Gasteiger partial charge in [-0.25, -0.2) is 18.2 Å². The van der Waals surface area contributed by atoms with E-state index in [1.807, 2.05) is 50.4 Å². The second-order valence-corrected chi connectivity index (χ2v) is 11.9. The topological polar surface area (TPSA) is 97.9 Å². The van der Waals surface area contributed by atoms with Gasteiger partial charge in [-0.15, -0.1) is 0 Å². The Labute approximate surface area is 230 Å². The lowest BCUT2D eigenvalue weighted by atomic mass is 9.73. The van der Waals surface area contributed by atoms with Gasteiger partial charge < -0.3 is 9.30 Å². The van der Waals surface area contributed by atoms with Crippen LogP contribution in [0.4, 0.5) is 11.4 Å². The summed E-state index contributed by atoms with van der Waals surface area (Å²) < 4.78 is 33.6. The van der Waals surface area contributed by atoms with Crippen molar-refractivity contribution < 1.29 is 17.9 Å². The lowest BCUT2D eigenvalue weighted by molar-refractivity contribution is -0.158. The molecule has 0 bridgehead atoms. The first kappa shape index (κ1) is 28.3. The number of hydrogen-bond donors (Lipinski definition) is 1. The second kappa shape index (κ2) is 12.0. The Morgan fingerprint density at radius 2 is 1.85 bits per heavy atom. The summed E-state index contributed by atoms with van der Waals surface area (Å²) in [6.45, 7) is 14.1. The van der Waals surface area contributed by atoms with E-state index in [2.05, 4.69) is 24.0 Å². The zero-order chi connectivity index (χ0) is 28.0. The van der Waals surface area contributed by atoms with Gasteiger partial charge in [0.2, 0.25) is 10.0 Å². The van der Waals surface area contributed by atoms with Crippen LogP contribution in [-0.2, 0) is 39.1 Å². The minimum atomic E-state index is -3.40. The summed E-state index contributed by atoms with van der Waals surface area (Å²) in [6.07, 6.45) is 4.79. The highest BCUT2D eigenvalue weighted by Crippen LogP contribution is 2.37. The van der Waals surface area contributed by atoms with Crippen molar-refractivity contribution in [1.82, 2.24) is 14.5 Å². The number of hydrogen-bond acceptors (Lipinski definition) is 6. The van der Waals surface area contributed by atoms with E-state index < -0.39 is 15.4 Å². The zero-order valence-corrected chi connectivity index (χ0v) is 23.5. The van der Waals surface area contributed by atoms with Crippen LogP contribution in [-0.4, -0.2) is 54.8 Å². The Morgan fingerprint density at radius 1 is 1.13 bits per heavy atom. The molecule has 206 valence electrons. The van der Waals surface area contributed by atoms with Crippen LogP contribution in [0.1, 0.15) is 42.4 Å². The molecule has 1 N–H and O–H groups in total. The normalized spacial score (nSPS) is 15.4. The van der Waals surface area contributed by atoms with Gasteiger partial charge in [-0.1, -0.05) is 36.4 Å². The predicted octanol–water partition coefficient (Wildman–Crippen LogP) is 4.55. The first-order chi connectivity index (χ1) is 18.6. The number of esters is 1. The van der Waals surface area contributed by atoms with E-state index in [1.54, 1.807) is 18.2 Å². The number of carbonyl (C=O) groups is 1. The first-order valence-electron chi connectivity index (χ1n) is 13.0. The van der Waals surface area contributed by atoms with Crippen LogP contribution in [0.5, 0.6) is 0 Å². The Hall–Kier alpha value is -3.68. The lowest BCUT2D eigenvalue weighted by Gasteiger charge is -2.40. The number of carbonyl (C=O) groups excluding carboxylic acids is 1. The Morgan fingerprint density at radius 3 is 2.49 bits per heavy atom. The van der Waals surface area contributed by atoms with Crippen LogP contribution in [0.25, 0.3) is 4.85 Å². The van der Waals surface area contributed by atoms with E-state index >= 15 is 0 Å². The molecule has 10 heteroatoms. The fourth-order valence-electron chi connectivity index (χ4n) is 5.17. The third kappa shape index (κ3) is 7.25. The van der Waals surface area contributed by atoms with Gasteiger partial charge in [0, 0.05) is 25.0 Å². The van der Waals surface area contributed by atoms with Gasteiger partial charge in [0.25, 0.3) is 0 Å². The average Bonchev–Trinajstić information content (AvgIpc) is 3.23. The van der Waals surface area contributed by atoms with Crippen molar-refractivity contribution in [3.05, 3.63) is 88.8 Å². The number of piperidine rings is 1. The molecule has 39 heavy (non-hydrogen) atoms. The Bertz CT molecular complexity index is 1450. The van der Waals surface area contributed by atoms with Gasteiger partial charge in [-0.3, -0.25) is 14.4 Å². The minimum Gasteiger partial charge on any atom is -0.466 e. The van der Waals surface area contributed by atoms with E-state index in [0.717, 1.165) is 42.0 Å². The first-order valence-corrected chi connectivity index (χ1v) is 14.9. The summed E-state index contributed by atoms with van der Waals surface area (Å²) in [5.74, 6) is 0.731. The lowest BCUT2D eigenvalue weighted by Crippen LogP contribution is -2.46. The molecule has 0 atom stereocenters. The molecule has 0 unspecified atom stereocenters. The summed E-state index contributed by atoms with van der Waals surface area (Å²) in [4.78, 5) is 23.6. The number of nitrogens with one attached hydrogen (secondary N) is 1. The van der Waals surface area contributed by atoms with E-state index in [1.165, 1.54) is 0 Å². The molecular weight excluding hydrogens is 514 g/mol. The minimum absolute atomic E-state index is 0.199. The maximum Gasteiger partial charge on any atom is 0.312 e. The highest BCUT2D eigenvalue weighted by molar-refractivity contribution is 7.92. The molecule has 9 nitrogen and oxygen atoms in total. The third-order valence-electron chi connectivity index (χ3n) is 7.22. The third-order valence-corrected chi connectivity index (χ3v) is 7.83. The van der Waals surface area contributed by atoms with Crippen LogP contribution in [0.3, 0.4) is 0 Å². The molecule has 2 heterocycles. The molecule has 1 fully saturated rings. The number of sulfonamides is 1. The second-order valence-electron chi connectivity index (χ2n) is 10.2. The van der Waals surface area contributed by atoms with Gasteiger partial charge in [0.1, 0.15) is 5.82 Å². The molecule has 2 aromatic carbocycles. The maximum absolute atomic E-state index is 13.2. The summed E-state index contributed by atoms with van der Waals surface area (Å²) >= 11 is 0. The zero-order valence-electron chi connectivity index (χ0n) is 22.7. The van der Waals surface area contributed by atoms with Gasteiger partial charge in [-0.05, 0) is 69.5 Å².